The van der Waals surface area contributed by atoms with Crippen molar-refractivity contribution in [3.8, 4) is 28.6 Å². The Morgan fingerprint density at radius 1 is 1.16 bits per heavy atom. The lowest BCUT2D eigenvalue weighted by molar-refractivity contribution is 0.373. The van der Waals surface area contributed by atoms with E-state index in [-0.39, 0.29) is 5.75 Å². The summed E-state index contributed by atoms with van der Waals surface area (Å²) in [6, 6.07) is 12.5. The lowest BCUT2D eigenvalue weighted by Crippen LogP contribution is -1.96. The number of hydrogen-bond acceptors (Lipinski definition) is 6. The molecule has 2 N–H and O–H groups in total. The third-order valence-corrected chi connectivity index (χ3v) is 3.83. The number of methoxy groups -OCH3 is 2. The lowest BCUT2D eigenvalue weighted by atomic mass is 10.2. The monoisotopic (exact) mass is 356 g/mol. The van der Waals surface area contributed by atoms with Gasteiger partial charge in [0.25, 0.3) is 0 Å². The lowest BCUT2D eigenvalue weighted by Gasteiger charge is -2.05. The molecule has 0 amide bonds. The molecule has 0 aliphatic rings. The molecule has 3 rings (SSSR count). The highest BCUT2D eigenvalue weighted by Gasteiger charge is 2.09. The molecule has 2 aromatic carbocycles. The molecule has 0 bridgehead atoms. The van der Waals surface area contributed by atoms with Crippen LogP contribution in [0.1, 0.15) is 5.56 Å². The number of aromatic amines is 1. The highest BCUT2D eigenvalue weighted by molar-refractivity contribution is 7.71. The van der Waals surface area contributed by atoms with Gasteiger partial charge in [-0.3, -0.25) is 0 Å². The maximum atomic E-state index is 10.1. The molecule has 0 aliphatic heterocycles. The molecular weight excluding hydrogens is 340 g/mol. The van der Waals surface area contributed by atoms with Gasteiger partial charge >= 0.3 is 0 Å². The Kier molecular flexibility index (Phi) is 4.80. The second kappa shape index (κ2) is 7.18. The van der Waals surface area contributed by atoms with Crippen LogP contribution >= 0.6 is 12.2 Å². The van der Waals surface area contributed by atoms with Gasteiger partial charge in [-0.15, -0.1) is 0 Å². The zero-order valence-electron chi connectivity index (χ0n) is 13.6. The fourth-order valence-electron chi connectivity index (χ4n) is 2.25. The number of nitrogens with one attached hydrogen (secondary N) is 1. The number of H-pyrrole nitrogens is 1. The van der Waals surface area contributed by atoms with Crippen molar-refractivity contribution < 1.29 is 14.6 Å². The van der Waals surface area contributed by atoms with Crippen LogP contribution < -0.4 is 9.47 Å². The average molecular weight is 356 g/mol. The molecule has 0 atom stereocenters. The molecule has 0 fully saturated rings. The van der Waals surface area contributed by atoms with E-state index in [4.69, 9.17) is 21.7 Å². The Labute approximate surface area is 149 Å². The first-order valence-electron chi connectivity index (χ1n) is 7.36. The van der Waals surface area contributed by atoms with Crippen LogP contribution in [0.4, 0.5) is 0 Å². The molecule has 0 saturated heterocycles. The van der Waals surface area contributed by atoms with Crippen LogP contribution in [0.25, 0.3) is 11.4 Å². The van der Waals surface area contributed by atoms with Crippen molar-refractivity contribution in [1.29, 1.82) is 0 Å². The van der Waals surface area contributed by atoms with Gasteiger partial charge in [-0.1, -0.05) is 6.07 Å². The third-order valence-electron chi connectivity index (χ3n) is 3.56. The second-order valence-corrected chi connectivity index (χ2v) is 5.42. The molecule has 0 radical (unpaired) electrons. The van der Waals surface area contributed by atoms with Gasteiger partial charge in [0.1, 0.15) is 5.75 Å². The highest BCUT2D eigenvalue weighted by atomic mass is 32.1. The van der Waals surface area contributed by atoms with Crippen molar-refractivity contribution in [3.63, 3.8) is 0 Å². The summed E-state index contributed by atoms with van der Waals surface area (Å²) >= 11 is 5.24. The van der Waals surface area contributed by atoms with Gasteiger partial charge in [-0.05, 0) is 48.6 Å². The number of rotatable bonds is 5. The van der Waals surface area contributed by atoms with E-state index in [1.54, 1.807) is 25.3 Å². The minimum Gasteiger partial charge on any atom is -0.504 e. The minimum absolute atomic E-state index is 0.00904. The molecule has 8 heteroatoms. The predicted octanol–water partition coefficient (Wildman–Crippen LogP) is 3.21. The zero-order valence-corrected chi connectivity index (χ0v) is 14.4. The Morgan fingerprint density at radius 2 is 1.92 bits per heavy atom. The average Bonchev–Trinajstić information content (AvgIpc) is 3.01. The Hall–Kier alpha value is -3.13. The van der Waals surface area contributed by atoms with E-state index in [0.717, 1.165) is 11.3 Å². The summed E-state index contributed by atoms with van der Waals surface area (Å²) in [6.45, 7) is 0. The summed E-state index contributed by atoms with van der Waals surface area (Å²) in [6.07, 6.45) is 1.50. The highest BCUT2D eigenvalue weighted by Crippen LogP contribution is 2.28. The van der Waals surface area contributed by atoms with Crippen LogP contribution in [0.3, 0.4) is 0 Å². The smallest absolute Gasteiger partial charge is 0.216 e. The van der Waals surface area contributed by atoms with Crippen LogP contribution in [0.2, 0.25) is 0 Å². The molecule has 0 saturated carbocycles. The maximum absolute atomic E-state index is 10.1. The Bertz CT molecular complexity index is 961. The van der Waals surface area contributed by atoms with Crippen LogP contribution in [-0.4, -0.2) is 40.4 Å². The van der Waals surface area contributed by atoms with E-state index in [9.17, 15) is 5.11 Å². The van der Waals surface area contributed by atoms with Gasteiger partial charge in [-0.2, -0.15) is 14.9 Å². The fraction of sp³-hybridized carbons (Fsp3) is 0.118. The summed E-state index contributed by atoms with van der Waals surface area (Å²) in [5.41, 5.74) is 1.32. The SMILES string of the molecule is COc1ccc(-c2n[nH]c(=S)n2/N=C\c2cccc(OC)c2O)cc1. The van der Waals surface area contributed by atoms with Crippen molar-refractivity contribution >= 4 is 18.4 Å². The van der Waals surface area contributed by atoms with Crippen molar-refractivity contribution in [2.24, 2.45) is 5.10 Å². The molecule has 3 aromatic rings. The summed E-state index contributed by atoms with van der Waals surface area (Å²) in [7, 11) is 3.10. The quantitative estimate of drug-likeness (QED) is 0.542. The number of para-hydroxylation sites is 1. The molecule has 7 nitrogen and oxygen atoms in total. The number of aromatic nitrogens is 3. The van der Waals surface area contributed by atoms with Gasteiger partial charge < -0.3 is 14.6 Å². The van der Waals surface area contributed by atoms with Crippen LogP contribution in [0.5, 0.6) is 17.2 Å². The van der Waals surface area contributed by atoms with Crippen molar-refractivity contribution in [3.05, 3.63) is 52.8 Å². The van der Waals surface area contributed by atoms with Gasteiger partial charge in [0, 0.05) is 11.1 Å². The van der Waals surface area contributed by atoms with Gasteiger partial charge in [0.2, 0.25) is 4.77 Å². The van der Waals surface area contributed by atoms with Crippen molar-refractivity contribution in [2.45, 2.75) is 0 Å². The minimum atomic E-state index is 0.00904. The maximum Gasteiger partial charge on any atom is 0.216 e. The van der Waals surface area contributed by atoms with E-state index >= 15 is 0 Å². The number of nitrogens with zero attached hydrogens (tertiary/aromatic N) is 3. The number of ether oxygens (including phenoxy) is 2. The van der Waals surface area contributed by atoms with E-state index in [1.165, 1.54) is 18.0 Å². The second-order valence-electron chi connectivity index (χ2n) is 5.04. The van der Waals surface area contributed by atoms with Gasteiger partial charge in [-0.25, -0.2) is 5.10 Å². The molecule has 25 heavy (non-hydrogen) atoms. The summed E-state index contributed by atoms with van der Waals surface area (Å²) in [5, 5.41) is 21.4. The van der Waals surface area contributed by atoms with Crippen molar-refractivity contribution in [2.75, 3.05) is 14.2 Å². The van der Waals surface area contributed by atoms with E-state index in [2.05, 4.69) is 15.3 Å². The van der Waals surface area contributed by atoms with Crippen LogP contribution in [0, 0.1) is 4.77 Å². The van der Waals surface area contributed by atoms with Crippen LogP contribution in [0.15, 0.2) is 47.6 Å². The topological polar surface area (TPSA) is 84.7 Å². The standard InChI is InChI=1S/C17H16N4O3S/c1-23-13-8-6-11(7-9-13)16-19-20-17(25)21(16)18-10-12-4-3-5-14(24-2)15(12)22/h3-10,22H,1-2H3,(H,20,25)/b18-10-. The molecule has 1 aromatic heterocycles. The number of phenols is 1. The molecule has 0 unspecified atom stereocenters. The summed E-state index contributed by atoms with van der Waals surface area (Å²) < 4.78 is 12.1. The first-order valence-corrected chi connectivity index (χ1v) is 7.77. The first kappa shape index (κ1) is 16.7. The molecule has 0 aliphatic carbocycles. The van der Waals surface area contributed by atoms with E-state index < -0.39 is 0 Å². The summed E-state index contributed by atoms with van der Waals surface area (Å²) in [4.78, 5) is 0. The molecule has 0 spiro atoms. The molecular formula is C17H16N4O3S. The normalized spacial score (nSPS) is 11.0. The number of aromatic hydroxyl groups is 1. The largest absolute Gasteiger partial charge is 0.504 e. The van der Waals surface area contributed by atoms with Gasteiger partial charge in [0.15, 0.2) is 17.3 Å². The third kappa shape index (κ3) is 3.38. The number of phenolic OH excluding ortho intramolecular Hbond substituents is 1. The molecule has 1 heterocycles. The van der Waals surface area contributed by atoms with Crippen LogP contribution in [-0.2, 0) is 0 Å². The predicted molar refractivity (Wildman–Crippen MR) is 97.1 cm³/mol. The zero-order chi connectivity index (χ0) is 17.8. The van der Waals surface area contributed by atoms with E-state index in [0.29, 0.717) is 21.9 Å². The van der Waals surface area contributed by atoms with Crippen molar-refractivity contribution in [1.82, 2.24) is 14.9 Å². The number of hydrogen-bond donors (Lipinski definition) is 2. The van der Waals surface area contributed by atoms with E-state index in [1.807, 2.05) is 24.3 Å². The number of benzene rings is 2. The first-order chi connectivity index (χ1) is 12.1. The molecule has 128 valence electrons. The Morgan fingerprint density at radius 3 is 2.60 bits per heavy atom. The fourth-order valence-corrected chi connectivity index (χ4v) is 2.43. The Balaban J connectivity index is 1.98. The van der Waals surface area contributed by atoms with Gasteiger partial charge in [0.05, 0.1) is 20.4 Å². The summed E-state index contributed by atoms with van der Waals surface area (Å²) in [5.74, 6) is 1.67.